The number of fused-ring (bicyclic) bond motifs is 5. The minimum atomic E-state index is -0.161. The Morgan fingerprint density at radius 3 is 2.04 bits per heavy atom. The molecule has 2 aromatic carbocycles. The zero-order valence-corrected chi connectivity index (χ0v) is 15.9. The fourth-order valence-electron chi connectivity index (χ4n) is 5.00. The molecule has 2 unspecified atom stereocenters. The van der Waals surface area contributed by atoms with Crippen molar-refractivity contribution in [2.45, 2.75) is 30.8 Å². The second kappa shape index (κ2) is 5.66. The van der Waals surface area contributed by atoms with E-state index in [9.17, 15) is 0 Å². The molecular formula is C22H22P2. The van der Waals surface area contributed by atoms with E-state index in [1.54, 1.807) is 21.8 Å². The number of benzene rings is 2. The van der Waals surface area contributed by atoms with Crippen molar-refractivity contribution in [1.29, 1.82) is 0 Å². The molecule has 3 aliphatic rings. The highest BCUT2D eigenvalue weighted by molar-refractivity contribution is 7.74. The van der Waals surface area contributed by atoms with Crippen molar-refractivity contribution >= 4 is 26.5 Å². The number of allylic oxidation sites excluding steroid dienone is 3. The van der Waals surface area contributed by atoms with Crippen molar-refractivity contribution in [3.05, 3.63) is 83.7 Å². The largest absolute Gasteiger partial charge is 0.0765 e. The van der Waals surface area contributed by atoms with Crippen molar-refractivity contribution in [2.24, 2.45) is 5.92 Å². The number of hydrogen-bond donors (Lipinski definition) is 0. The summed E-state index contributed by atoms with van der Waals surface area (Å²) in [5, 5.41) is 3.18. The van der Waals surface area contributed by atoms with Gasteiger partial charge in [0.15, 0.2) is 0 Å². The molecule has 0 N–H and O–H groups in total. The van der Waals surface area contributed by atoms with E-state index < -0.39 is 0 Å². The van der Waals surface area contributed by atoms with Crippen LogP contribution in [0.15, 0.2) is 83.7 Å². The first kappa shape index (κ1) is 15.1. The van der Waals surface area contributed by atoms with E-state index in [0.29, 0.717) is 0 Å². The lowest BCUT2D eigenvalue weighted by Gasteiger charge is -2.28. The smallest absolute Gasteiger partial charge is 0.0116 e. The lowest BCUT2D eigenvalue weighted by Crippen LogP contribution is -2.28. The SMILES string of the molecule is CC1=CP(c2ccccc2)[C@H]2[C@@H]1[C@H]1C(C)=C[C@@H]2P1c1ccccc1. The molecular weight excluding hydrogens is 326 g/mol. The quantitative estimate of drug-likeness (QED) is 0.516. The van der Waals surface area contributed by atoms with Gasteiger partial charge < -0.3 is 0 Å². The Hall–Kier alpha value is -1.22. The van der Waals surface area contributed by atoms with Gasteiger partial charge in [0, 0.05) is 17.0 Å². The first-order chi connectivity index (χ1) is 11.8. The Kier molecular flexibility index (Phi) is 3.55. The summed E-state index contributed by atoms with van der Waals surface area (Å²) in [6.07, 6.45) is 2.65. The molecule has 2 aromatic rings. The van der Waals surface area contributed by atoms with Crippen LogP contribution in [0.4, 0.5) is 0 Å². The third-order valence-corrected chi connectivity index (χ3v) is 12.3. The van der Waals surface area contributed by atoms with Gasteiger partial charge in [-0.15, -0.1) is 0 Å². The monoisotopic (exact) mass is 348 g/mol. The first-order valence-electron chi connectivity index (χ1n) is 8.79. The number of hydrogen-bond acceptors (Lipinski definition) is 0. The fourth-order valence-corrected chi connectivity index (χ4v) is 12.7. The third-order valence-electron chi connectivity index (χ3n) is 5.88. The lowest BCUT2D eigenvalue weighted by atomic mass is 9.85. The van der Waals surface area contributed by atoms with E-state index in [-0.39, 0.29) is 15.8 Å². The molecule has 3 heterocycles. The second-order valence-corrected chi connectivity index (χ2v) is 11.9. The van der Waals surface area contributed by atoms with Crippen LogP contribution in [0.5, 0.6) is 0 Å². The van der Waals surface area contributed by atoms with Crippen molar-refractivity contribution < 1.29 is 0 Å². The van der Waals surface area contributed by atoms with Gasteiger partial charge in [0.2, 0.25) is 0 Å². The minimum absolute atomic E-state index is 0.0850. The molecule has 0 saturated carbocycles. The molecule has 0 aromatic heterocycles. The molecule has 0 spiro atoms. The Morgan fingerprint density at radius 1 is 0.750 bits per heavy atom. The van der Waals surface area contributed by atoms with Crippen LogP contribution in [0.1, 0.15) is 13.8 Å². The lowest BCUT2D eigenvalue weighted by molar-refractivity contribution is 0.611. The van der Waals surface area contributed by atoms with Gasteiger partial charge in [-0.1, -0.05) is 91.6 Å². The van der Waals surface area contributed by atoms with Gasteiger partial charge in [-0.2, -0.15) is 0 Å². The highest BCUT2D eigenvalue weighted by Crippen LogP contribution is 2.75. The number of rotatable bonds is 2. The van der Waals surface area contributed by atoms with Gasteiger partial charge in [-0.3, -0.25) is 0 Å². The fraction of sp³-hybridized carbons (Fsp3) is 0.273. The summed E-state index contributed by atoms with van der Waals surface area (Å²) in [6, 6.07) is 22.6. The molecule has 120 valence electrons. The first-order valence-corrected chi connectivity index (χ1v) is 11.7. The van der Waals surface area contributed by atoms with E-state index >= 15 is 0 Å². The highest BCUT2D eigenvalue weighted by Gasteiger charge is 2.58. The average molecular weight is 348 g/mol. The Balaban J connectivity index is 1.60. The Morgan fingerprint density at radius 2 is 1.38 bits per heavy atom. The molecule has 3 aliphatic heterocycles. The topological polar surface area (TPSA) is 0 Å². The Bertz CT molecular complexity index is 822. The molecule has 0 nitrogen and oxygen atoms in total. The zero-order chi connectivity index (χ0) is 16.3. The molecule has 2 heteroatoms. The molecule has 1 fully saturated rings. The van der Waals surface area contributed by atoms with E-state index in [2.05, 4.69) is 86.4 Å². The predicted octanol–water partition coefficient (Wildman–Crippen LogP) is 5.21. The summed E-state index contributed by atoms with van der Waals surface area (Å²) < 4.78 is 0. The summed E-state index contributed by atoms with van der Waals surface area (Å²) >= 11 is 0. The van der Waals surface area contributed by atoms with Crippen LogP contribution in [-0.4, -0.2) is 17.0 Å². The summed E-state index contributed by atoms with van der Waals surface area (Å²) in [6.45, 7) is 4.78. The van der Waals surface area contributed by atoms with Crippen molar-refractivity contribution in [2.75, 3.05) is 0 Å². The maximum absolute atomic E-state index is 2.65. The van der Waals surface area contributed by atoms with Crippen LogP contribution in [0.3, 0.4) is 0 Å². The van der Waals surface area contributed by atoms with Crippen LogP contribution in [-0.2, 0) is 0 Å². The van der Waals surface area contributed by atoms with Crippen LogP contribution in [0.25, 0.3) is 0 Å². The van der Waals surface area contributed by atoms with E-state index in [1.165, 1.54) is 0 Å². The van der Waals surface area contributed by atoms with Crippen molar-refractivity contribution in [3.63, 3.8) is 0 Å². The van der Waals surface area contributed by atoms with Gasteiger partial charge >= 0.3 is 0 Å². The Labute approximate surface area is 147 Å². The summed E-state index contributed by atoms with van der Waals surface area (Å²) in [4.78, 5) is 0. The van der Waals surface area contributed by atoms with Gasteiger partial charge in [-0.25, -0.2) is 0 Å². The van der Waals surface area contributed by atoms with Gasteiger partial charge in [0.05, 0.1) is 0 Å². The molecule has 6 atom stereocenters. The zero-order valence-electron chi connectivity index (χ0n) is 14.1. The standard InChI is InChI=1S/C22H22P2/c1-15-13-19-22-20(21(15)24(19)18-11-7-4-8-12-18)16(2)14-23(22)17-9-5-3-6-10-17/h3-14,19-22H,1-2H3/t19-,20-,21+,22+,23?,24?/m0/s1. The van der Waals surface area contributed by atoms with E-state index in [0.717, 1.165) is 22.9 Å². The van der Waals surface area contributed by atoms with Crippen LogP contribution in [0.2, 0.25) is 0 Å². The third kappa shape index (κ3) is 2.06. The maximum atomic E-state index is 2.65. The van der Waals surface area contributed by atoms with Crippen LogP contribution < -0.4 is 10.6 Å². The van der Waals surface area contributed by atoms with Crippen LogP contribution in [0, 0.1) is 5.92 Å². The van der Waals surface area contributed by atoms with Gasteiger partial charge in [0.1, 0.15) is 0 Å². The maximum Gasteiger partial charge on any atom is 0.0116 e. The molecule has 5 rings (SSSR count). The van der Waals surface area contributed by atoms with Crippen LogP contribution >= 0.6 is 15.8 Å². The van der Waals surface area contributed by atoms with Crippen molar-refractivity contribution in [1.82, 2.24) is 0 Å². The van der Waals surface area contributed by atoms with E-state index in [4.69, 9.17) is 0 Å². The molecule has 2 bridgehead atoms. The van der Waals surface area contributed by atoms with E-state index in [1.807, 2.05) is 0 Å². The average Bonchev–Trinajstić information content (AvgIpc) is 3.24. The van der Waals surface area contributed by atoms with Gasteiger partial charge in [0.25, 0.3) is 0 Å². The molecule has 1 saturated heterocycles. The van der Waals surface area contributed by atoms with Gasteiger partial charge in [-0.05, 0) is 38.3 Å². The molecule has 0 aliphatic carbocycles. The molecule has 0 radical (unpaired) electrons. The summed E-state index contributed by atoms with van der Waals surface area (Å²) in [7, 11) is -0.246. The molecule has 24 heavy (non-hydrogen) atoms. The minimum Gasteiger partial charge on any atom is -0.0765 e. The predicted molar refractivity (Wildman–Crippen MR) is 108 cm³/mol. The highest BCUT2D eigenvalue weighted by atomic mass is 31.1. The summed E-state index contributed by atoms with van der Waals surface area (Å²) in [5.41, 5.74) is 5.72. The summed E-state index contributed by atoms with van der Waals surface area (Å²) in [5.74, 6) is 3.43. The van der Waals surface area contributed by atoms with Crippen molar-refractivity contribution in [3.8, 4) is 0 Å². The second-order valence-electron chi connectivity index (χ2n) is 7.22. The normalized spacial score (nSPS) is 36.4. The molecule has 0 amide bonds.